The lowest BCUT2D eigenvalue weighted by Crippen LogP contribution is -2.03. The molecule has 0 N–H and O–H groups in total. The summed E-state index contributed by atoms with van der Waals surface area (Å²) in [4.78, 5) is 4.83. The predicted molar refractivity (Wildman–Crippen MR) is 188 cm³/mol. The highest BCUT2D eigenvalue weighted by Gasteiger charge is 2.23. The number of pyridine rings is 1. The molecular weight excluding hydrogens is 530 g/mol. The SMILES string of the molecule is Cc1cccc(-c2cccc(-c3c4c(c(-c5ccc(-c6ccccc6C)c6ccccc56)c5ccccc35)CCC=C4)c2)n1. The lowest BCUT2D eigenvalue weighted by atomic mass is 9.79. The van der Waals surface area contributed by atoms with Crippen LogP contribution in [-0.4, -0.2) is 4.98 Å². The van der Waals surface area contributed by atoms with Crippen LogP contribution in [0.25, 0.3) is 72.3 Å². The van der Waals surface area contributed by atoms with Crippen molar-refractivity contribution in [3.8, 4) is 44.6 Å². The quantitative estimate of drug-likeness (QED) is 0.208. The van der Waals surface area contributed by atoms with E-state index >= 15 is 0 Å². The van der Waals surface area contributed by atoms with E-state index in [4.69, 9.17) is 4.98 Å². The van der Waals surface area contributed by atoms with Crippen LogP contribution in [0.2, 0.25) is 0 Å². The molecule has 1 aliphatic rings. The molecule has 1 aliphatic carbocycles. The summed E-state index contributed by atoms with van der Waals surface area (Å²) in [6.45, 7) is 4.26. The third kappa shape index (κ3) is 4.36. The molecule has 0 bridgehead atoms. The Labute approximate surface area is 259 Å². The molecule has 0 atom stereocenters. The molecule has 1 heterocycles. The Morgan fingerprint density at radius 1 is 0.523 bits per heavy atom. The zero-order valence-electron chi connectivity index (χ0n) is 25.1. The minimum Gasteiger partial charge on any atom is -0.253 e. The van der Waals surface area contributed by atoms with Crippen molar-refractivity contribution in [3.05, 3.63) is 156 Å². The van der Waals surface area contributed by atoms with Crippen LogP contribution in [0.3, 0.4) is 0 Å². The van der Waals surface area contributed by atoms with E-state index in [9.17, 15) is 0 Å². The van der Waals surface area contributed by atoms with Gasteiger partial charge < -0.3 is 0 Å². The summed E-state index contributed by atoms with van der Waals surface area (Å²) in [5, 5.41) is 5.19. The van der Waals surface area contributed by atoms with Crippen molar-refractivity contribution in [2.24, 2.45) is 0 Å². The molecule has 210 valence electrons. The highest BCUT2D eigenvalue weighted by molar-refractivity contribution is 6.15. The first kappa shape index (κ1) is 26.4. The van der Waals surface area contributed by atoms with E-state index in [1.54, 1.807) is 0 Å². The summed E-state index contributed by atoms with van der Waals surface area (Å²) in [6, 6.07) is 46.5. The van der Waals surface area contributed by atoms with Crippen LogP contribution in [0.5, 0.6) is 0 Å². The van der Waals surface area contributed by atoms with Gasteiger partial charge in [0.1, 0.15) is 0 Å². The van der Waals surface area contributed by atoms with E-state index in [-0.39, 0.29) is 0 Å². The molecule has 0 unspecified atom stereocenters. The van der Waals surface area contributed by atoms with Gasteiger partial charge >= 0.3 is 0 Å². The summed E-state index contributed by atoms with van der Waals surface area (Å²) in [6.07, 6.45) is 6.78. The number of hydrogen-bond donors (Lipinski definition) is 0. The Balaban J connectivity index is 1.41. The molecule has 0 saturated carbocycles. The summed E-state index contributed by atoms with van der Waals surface area (Å²) < 4.78 is 0. The Hall–Kier alpha value is -5.27. The molecule has 0 radical (unpaired) electrons. The zero-order valence-corrected chi connectivity index (χ0v) is 25.1. The van der Waals surface area contributed by atoms with Crippen LogP contribution in [0, 0.1) is 13.8 Å². The lowest BCUT2D eigenvalue weighted by molar-refractivity contribution is 0.992. The molecule has 0 saturated heterocycles. The molecule has 1 aromatic heterocycles. The van der Waals surface area contributed by atoms with Gasteiger partial charge in [-0.25, -0.2) is 0 Å². The third-order valence-electron chi connectivity index (χ3n) is 9.17. The van der Waals surface area contributed by atoms with E-state index in [2.05, 4.69) is 153 Å². The Bertz CT molecular complexity index is 2250. The maximum Gasteiger partial charge on any atom is 0.0705 e. The van der Waals surface area contributed by atoms with Gasteiger partial charge in [0.25, 0.3) is 0 Å². The van der Waals surface area contributed by atoms with E-state index in [1.165, 1.54) is 71.6 Å². The van der Waals surface area contributed by atoms with E-state index < -0.39 is 0 Å². The molecule has 0 spiro atoms. The van der Waals surface area contributed by atoms with Crippen molar-refractivity contribution >= 4 is 27.6 Å². The van der Waals surface area contributed by atoms with Crippen LogP contribution in [0.1, 0.15) is 28.8 Å². The fraction of sp³-hybridized carbons (Fsp3) is 0.0930. The second-order valence-electron chi connectivity index (χ2n) is 11.9. The molecule has 44 heavy (non-hydrogen) atoms. The van der Waals surface area contributed by atoms with Gasteiger partial charge in [0.05, 0.1) is 5.69 Å². The van der Waals surface area contributed by atoms with Crippen LogP contribution < -0.4 is 0 Å². The van der Waals surface area contributed by atoms with Crippen LogP contribution in [-0.2, 0) is 6.42 Å². The number of fused-ring (bicyclic) bond motifs is 3. The lowest BCUT2D eigenvalue weighted by Gasteiger charge is -2.25. The molecule has 1 nitrogen and oxygen atoms in total. The molecule has 8 rings (SSSR count). The number of hydrogen-bond acceptors (Lipinski definition) is 1. The Morgan fingerprint density at radius 3 is 1.98 bits per heavy atom. The first-order valence-corrected chi connectivity index (χ1v) is 15.5. The monoisotopic (exact) mass is 563 g/mol. The average molecular weight is 564 g/mol. The largest absolute Gasteiger partial charge is 0.253 e. The van der Waals surface area contributed by atoms with E-state index in [1.807, 2.05) is 0 Å². The molecule has 0 aliphatic heterocycles. The second kappa shape index (κ2) is 10.8. The predicted octanol–water partition coefficient (Wildman–Crippen LogP) is 11.6. The molecule has 6 aromatic carbocycles. The Morgan fingerprint density at radius 2 is 1.18 bits per heavy atom. The summed E-state index contributed by atoms with van der Waals surface area (Å²) >= 11 is 0. The number of nitrogens with zero attached hydrogens (tertiary/aromatic N) is 1. The average Bonchev–Trinajstić information content (AvgIpc) is 3.07. The minimum absolute atomic E-state index is 1.01. The van der Waals surface area contributed by atoms with Crippen LogP contribution in [0.4, 0.5) is 0 Å². The molecule has 0 amide bonds. The zero-order chi connectivity index (χ0) is 29.6. The highest BCUT2D eigenvalue weighted by atomic mass is 14.7. The number of benzene rings is 6. The van der Waals surface area contributed by atoms with E-state index in [0.717, 1.165) is 29.8 Å². The number of aromatic nitrogens is 1. The number of allylic oxidation sites excluding steroid dienone is 1. The van der Waals surface area contributed by atoms with Crippen molar-refractivity contribution in [1.29, 1.82) is 0 Å². The summed E-state index contributed by atoms with van der Waals surface area (Å²) in [5.74, 6) is 0. The number of aryl methyl sites for hydroxylation is 2. The normalized spacial score (nSPS) is 12.5. The van der Waals surface area contributed by atoms with Gasteiger partial charge in [0, 0.05) is 11.3 Å². The second-order valence-corrected chi connectivity index (χ2v) is 11.9. The van der Waals surface area contributed by atoms with Crippen molar-refractivity contribution in [3.63, 3.8) is 0 Å². The van der Waals surface area contributed by atoms with Gasteiger partial charge in [-0.1, -0.05) is 121 Å². The van der Waals surface area contributed by atoms with Crippen molar-refractivity contribution < 1.29 is 0 Å². The smallest absolute Gasteiger partial charge is 0.0705 e. The molecule has 1 heteroatoms. The fourth-order valence-corrected chi connectivity index (χ4v) is 7.17. The summed E-state index contributed by atoms with van der Waals surface area (Å²) in [5.41, 5.74) is 15.1. The van der Waals surface area contributed by atoms with Gasteiger partial charge in [-0.2, -0.15) is 0 Å². The maximum absolute atomic E-state index is 4.83. The van der Waals surface area contributed by atoms with Crippen LogP contribution in [0.15, 0.2) is 133 Å². The number of rotatable bonds is 4. The molecule has 7 aromatic rings. The fourth-order valence-electron chi connectivity index (χ4n) is 7.17. The highest BCUT2D eigenvalue weighted by Crippen LogP contribution is 2.47. The van der Waals surface area contributed by atoms with Crippen molar-refractivity contribution in [2.45, 2.75) is 26.7 Å². The van der Waals surface area contributed by atoms with Crippen molar-refractivity contribution in [1.82, 2.24) is 4.98 Å². The topological polar surface area (TPSA) is 12.9 Å². The minimum atomic E-state index is 1.01. The maximum atomic E-state index is 4.83. The van der Waals surface area contributed by atoms with Crippen molar-refractivity contribution in [2.75, 3.05) is 0 Å². The first-order valence-electron chi connectivity index (χ1n) is 15.5. The van der Waals surface area contributed by atoms with Gasteiger partial charge in [-0.15, -0.1) is 0 Å². The molecule has 0 fully saturated rings. The van der Waals surface area contributed by atoms with Gasteiger partial charge in [0.2, 0.25) is 0 Å². The van der Waals surface area contributed by atoms with Gasteiger partial charge in [-0.3, -0.25) is 4.98 Å². The first-order chi connectivity index (χ1) is 21.7. The van der Waals surface area contributed by atoms with Gasteiger partial charge in [0.15, 0.2) is 0 Å². The van der Waals surface area contributed by atoms with E-state index in [0.29, 0.717) is 0 Å². The van der Waals surface area contributed by atoms with Gasteiger partial charge in [-0.05, 0) is 117 Å². The molecular formula is C43H33N. The third-order valence-corrected chi connectivity index (χ3v) is 9.17. The standard InChI is InChI=1S/C43H33N/c1-28-13-3-4-17-32(28)35-25-26-40(34-19-6-5-18-33(34)35)43-38-22-9-7-20-36(38)42(37-21-8-10-23-39(37)43)31-16-12-15-30(27-31)41-24-11-14-29(2)44-41/h3-9,11-22,24-27H,10,23H2,1-2H3. The summed E-state index contributed by atoms with van der Waals surface area (Å²) in [7, 11) is 0. The van der Waals surface area contributed by atoms with Crippen LogP contribution >= 0.6 is 0 Å². The Kier molecular flexibility index (Phi) is 6.46.